The highest BCUT2D eigenvalue weighted by atomic mass is 16.3. The Hall–Kier alpha value is -9.12. The van der Waals surface area contributed by atoms with Gasteiger partial charge < -0.3 is 18.3 Å². The molecule has 3 heterocycles. The van der Waals surface area contributed by atoms with Crippen LogP contribution >= 0.6 is 0 Å². The molecule has 0 N–H and O–H groups in total. The maximum Gasteiger partial charge on any atom is 0.143 e. The first-order valence-corrected chi connectivity index (χ1v) is 23.2. The molecule has 0 aliphatic rings. The number of fused-ring (bicyclic) bond motifs is 10. The number of benzene rings is 11. The summed E-state index contributed by atoms with van der Waals surface area (Å²) in [5.41, 5.74) is 16.7. The predicted octanol–water partition coefficient (Wildman–Crippen LogP) is 18.2. The van der Waals surface area contributed by atoms with E-state index in [-0.39, 0.29) is 0 Å². The van der Waals surface area contributed by atoms with Crippen molar-refractivity contribution >= 4 is 93.5 Å². The van der Waals surface area contributed by atoms with Crippen LogP contribution in [-0.2, 0) is 0 Å². The third kappa shape index (κ3) is 5.94. The van der Waals surface area contributed by atoms with Gasteiger partial charge >= 0.3 is 0 Å². The van der Waals surface area contributed by atoms with Crippen LogP contribution in [0, 0.1) is 0 Å². The lowest BCUT2D eigenvalue weighted by Crippen LogP contribution is -2.11. The third-order valence-corrected chi connectivity index (χ3v) is 13.8. The fourth-order valence-corrected chi connectivity index (χ4v) is 10.7. The Balaban J connectivity index is 0.997. The number of nitrogens with zero attached hydrogens (tertiary/aromatic N) is 2. The van der Waals surface area contributed by atoms with E-state index in [1.54, 1.807) is 0 Å². The van der Waals surface area contributed by atoms with E-state index in [0.29, 0.717) is 0 Å². The number of anilines is 3. The molecule has 14 aromatic rings. The molecule has 0 aliphatic heterocycles. The van der Waals surface area contributed by atoms with Crippen LogP contribution in [0.5, 0.6) is 0 Å². The molecule has 0 atom stereocenters. The molecule has 0 unspecified atom stereocenters. The van der Waals surface area contributed by atoms with Crippen LogP contribution in [0.2, 0.25) is 0 Å². The van der Waals surface area contributed by atoms with Gasteiger partial charge in [0.2, 0.25) is 0 Å². The highest BCUT2D eigenvalue weighted by molar-refractivity contribution is 6.15. The second-order valence-corrected chi connectivity index (χ2v) is 17.6. The molecule has 0 fully saturated rings. The van der Waals surface area contributed by atoms with E-state index in [9.17, 15) is 0 Å². The SMILES string of the molecule is c1ccc(N(c2ccc(-c3cccc4ccccc34)cc2)c2cc(-c3ccc(-n4c5ccccc5c5ccccc54)cc3)c3oc4ccccc4c3c2)c(-c2cccc3oc4ccccc4c23)c1. The van der Waals surface area contributed by atoms with Crippen molar-refractivity contribution in [3.8, 4) is 39.1 Å². The molecular formula is C64H40N2O2. The number of hydrogen-bond donors (Lipinski definition) is 0. The zero-order valence-electron chi connectivity index (χ0n) is 36.8. The van der Waals surface area contributed by atoms with E-state index in [2.05, 4.69) is 240 Å². The molecule has 68 heavy (non-hydrogen) atoms. The van der Waals surface area contributed by atoms with Gasteiger partial charge in [-0.2, -0.15) is 0 Å². The van der Waals surface area contributed by atoms with Crippen molar-refractivity contribution in [3.05, 3.63) is 243 Å². The molecule has 4 heteroatoms. The van der Waals surface area contributed by atoms with Crippen LogP contribution in [-0.4, -0.2) is 4.57 Å². The molecule has 0 aliphatic carbocycles. The normalized spacial score (nSPS) is 11.8. The summed E-state index contributed by atoms with van der Waals surface area (Å²) in [6, 6.07) is 87.0. The van der Waals surface area contributed by atoms with Gasteiger partial charge in [-0.25, -0.2) is 0 Å². The Morgan fingerprint density at radius 1 is 0.324 bits per heavy atom. The summed E-state index contributed by atoms with van der Waals surface area (Å²) >= 11 is 0. The van der Waals surface area contributed by atoms with Crippen molar-refractivity contribution in [2.45, 2.75) is 0 Å². The van der Waals surface area contributed by atoms with E-state index < -0.39 is 0 Å². The minimum Gasteiger partial charge on any atom is -0.456 e. The number of rotatable bonds is 7. The van der Waals surface area contributed by atoms with Gasteiger partial charge in [0.25, 0.3) is 0 Å². The van der Waals surface area contributed by atoms with Crippen LogP contribution in [0.3, 0.4) is 0 Å². The zero-order valence-corrected chi connectivity index (χ0v) is 36.8. The summed E-state index contributed by atoms with van der Waals surface area (Å²) in [5.74, 6) is 0. The molecule has 11 aromatic carbocycles. The molecule has 3 aromatic heterocycles. The second kappa shape index (κ2) is 15.2. The minimum absolute atomic E-state index is 0.854. The van der Waals surface area contributed by atoms with Gasteiger partial charge in [0.15, 0.2) is 0 Å². The van der Waals surface area contributed by atoms with Crippen LogP contribution in [0.1, 0.15) is 0 Å². The highest BCUT2D eigenvalue weighted by Crippen LogP contribution is 2.48. The van der Waals surface area contributed by atoms with Crippen molar-refractivity contribution in [2.24, 2.45) is 0 Å². The van der Waals surface area contributed by atoms with Gasteiger partial charge in [-0.15, -0.1) is 0 Å². The summed E-state index contributed by atoms with van der Waals surface area (Å²) < 4.78 is 15.7. The summed E-state index contributed by atoms with van der Waals surface area (Å²) in [6.07, 6.45) is 0. The third-order valence-electron chi connectivity index (χ3n) is 13.8. The number of aromatic nitrogens is 1. The molecule has 4 nitrogen and oxygen atoms in total. The minimum atomic E-state index is 0.854. The van der Waals surface area contributed by atoms with E-state index in [1.165, 1.54) is 38.1 Å². The molecule has 0 amide bonds. The Kier molecular flexibility index (Phi) is 8.55. The van der Waals surface area contributed by atoms with E-state index in [1.807, 2.05) is 12.1 Å². The number of furan rings is 2. The van der Waals surface area contributed by atoms with E-state index in [0.717, 1.165) is 94.4 Å². The largest absolute Gasteiger partial charge is 0.456 e. The molecule has 0 saturated heterocycles. The molecule has 0 radical (unpaired) electrons. The Morgan fingerprint density at radius 2 is 0.868 bits per heavy atom. The summed E-state index contributed by atoms with van der Waals surface area (Å²) in [7, 11) is 0. The molecule has 0 saturated carbocycles. The van der Waals surface area contributed by atoms with Crippen molar-refractivity contribution < 1.29 is 8.83 Å². The van der Waals surface area contributed by atoms with Crippen LogP contribution in [0.25, 0.3) is 116 Å². The maximum absolute atomic E-state index is 6.84. The average Bonchev–Trinajstić information content (AvgIpc) is 4.09. The summed E-state index contributed by atoms with van der Waals surface area (Å²) in [6.45, 7) is 0. The molecular weight excluding hydrogens is 829 g/mol. The van der Waals surface area contributed by atoms with Crippen molar-refractivity contribution in [2.75, 3.05) is 4.90 Å². The van der Waals surface area contributed by atoms with Crippen molar-refractivity contribution in [1.29, 1.82) is 0 Å². The first-order chi connectivity index (χ1) is 33.7. The topological polar surface area (TPSA) is 34.5 Å². The zero-order chi connectivity index (χ0) is 44.7. The van der Waals surface area contributed by atoms with Gasteiger partial charge in [0, 0.05) is 60.5 Å². The maximum atomic E-state index is 6.84. The lowest BCUT2D eigenvalue weighted by Gasteiger charge is -2.29. The predicted molar refractivity (Wildman–Crippen MR) is 284 cm³/mol. The standard InChI is InChI=1S/C64H40N2O2/c1-2-17-47-41(15-1)16-13-23-48(47)42-31-35-44(36-32-42)65(57-25-8-5-20-51(57)53-24-14-30-62-63(53)54-22-7-12-29-61(54)67-62)46-39-55(64-56(40-46)52-21-6-11-28-60(52)68-64)43-33-37-45(38-34-43)66-58-26-9-3-18-49(58)50-19-4-10-27-59(50)66/h1-40H. The summed E-state index contributed by atoms with van der Waals surface area (Å²) in [4.78, 5) is 2.42. The average molecular weight is 869 g/mol. The van der Waals surface area contributed by atoms with Crippen LogP contribution in [0.15, 0.2) is 251 Å². The van der Waals surface area contributed by atoms with Crippen LogP contribution in [0.4, 0.5) is 17.1 Å². The van der Waals surface area contributed by atoms with Crippen molar-refractivity contribution in [3.63, 3.8) is 0 Å². The molecule has 0 bridgehead atoms. The van der Waals surface area contributed by atoms with Crippen molar-refractivity contribution in [1.82, 2.24) is 4.57 Å². The summed E-state index contributed by atoms with van der Waals surface area (Å²) in [5, 5.41) is 9.26. The first-order valence-electron chi connectivity index (χ1n) is 23.2. The van der Waals surface area contributed by atoms with Gasteiger partial charge in [-0.05, 0) is 106 Å². The Bertz CT molecular complexity index is 4210. The van der Waals surface area contributed by atoms with E-state index >= 15 is 0 Å². The Morgan fingerprint density at radius 3 is 1.65 bits per heavy atom. The monoisotopic (exact) mass is 868 g/mol. The smallest absolute Gasteiger partial charge is 0.143 e. The highest BCUT2D eigenvalue weighted by Gasteiger charge is 2.24. The van der Waals surface area contributed by atoms with E-state index in [4.69, 9.17) is 8.83 Å². The number of para-hydroxylation sites is 5. The second-order valence-electron chi connectivity index (χ2n) is 17.6. The fourth-order valence-electron chi connectivity index (χ4n) is 10.7. The Labute approximate surface area is 391 Å². The lowest BCUT2D eigenvalue weighted by molar-refractivity contribution is 0.669. The lowest BCUT2D eigenvalue weighted by atomic mass is 9.95. The first kappa shape index (κ1) is 38.2. The fraction of sp³-hybridized carbons (Fsp3) is 0. The number of hydrogen-bond acceptors (Lipinski definition) is 3. The van der Waals surface area contributed by atoms with Gasteiger partial charge in [-0.3, -0.25) is 0 Å². The van der Waals surface area contributed by atoms with Gasteiger partial charge in [0.05, 0.1) is 16.7 Å². The quantitative estimate of drug-likeness (QED) is 0.160. The molecule has 318 valence electrons. The van der Waals surface area contributed by atoms with Gasteiger partial charge in [-0.1, -0.05) is 170 Å². The van der Waals surface area contributed by atoms with Crippen LogP contribution < -0.4 is 4.90 Å². The van der Waals surface area contributed by atoms with Gasteiger partial charge in [0.1, 0.15) is 22.3 Å². The molecule has 0 spiro atoms. The molecule has 14 rings (SSSR count).